The lowest BCUT2D eigenvalue weighted by atomic mass is 9.76. The van der Waals surface area contributed by atoms with Crippen LogP contribution in [0.5, 0.6) is 11.5 Å². The second-order valence-corrected chi connectivity index (χ2v) is 7.23. The largest absolute Gasteiger partial charge is 0.493 e. The summed E-state index contributed by atoms with van der Waals surface area (Å²) in [6.07, 6.45) is 10.5. The van der Waals surface area contributed by atoms with Gasteiger partial charge in [-0.15, -0.1) is 0 Å². The van der Waals surface area contributed by atoms with Gasteiger partial charge in [0.25, 0.3) is 0 Å². The van der Waals surface area contributed by atoms with Crippen LogP contribution in [0.3, 0.4) is 0 Å². The van der Waals surface area contributed by atoms with Gasteiger partial charge in [0.05, 0.1) is 25.8 Å². The molecule has 1 aromatic rings. The van der Waals surface area contributed by atoms with Gasteiger partial charge in [0.15, 0.2) is 11.5 Å². The van der Waals surface area contributed by atoms with Crippen molar-refractivity contribution in [3.63, 3.8) is 0 Å². The van der Waals surface area contributed by atoms with Gasteiger partial charge in [-0.1, -0.05) is 38.3 Å². The third-order valence-electron chi connectivity index (χ3n) is 5.49. The van der Waals surface area contributed by atoms with E-state index in [1.54, 1.807) is 19.2 Å². The lowest BCUT2D eigenvalue weighted by Gasteiger charge is -2.37. The predicted octanol–water partition coefficient (Wildman–Crippen LogP) is 4.41. The van der Waals surface area contributed by atoms with Crippen molar-refractivity contribution < 1.29 is 14.3 Å². The van der Waals surface area contributed by atoms with Crippen LogP contribution in [0.4, 0.5) is 0 Å². The number of hydrogen-bond donors (Lipinski definition) is 0. The Morgan fingerprint density at radius 1 is 1.04 bits per heavy atom. The molecule has 0 saturated carbocycles. The highest BCUT2D eigenvalue weighted by atomic mass is 16.5. The zero-order valence-electron chi connectivity index (χ0n) is 16.6. The molecule has 1 aliphatic heterocycles. The minimum Gasteiger partial charge on any atom is -0.493 e. The van der Waals surface area contributed by atoms with Crippen molar-refractivity contribution in [1.82, 2.24) is 5.01 Å². The van der Waals surface area contributed by atoms with E-state index < -0.39 is 0 Å². The predicted molar refractivity (Wildman–Crippen MR) is 107 cm³/mol. The highest BCUT2D eigenvalue weighted by Gasteiger charge is 2.39. The first kappa shape index (κ1) is 19.5. The molecular weight excluding hydrogens is 340 g/mol. The van der Waals surface area contributed by atoms with Crippen LogP contribution >= 0.6 is 0 Å². The Morgan fingerprint density at radius 3 is 2.48 bits per heavy atom. The number of hydrogen-bond acceptors (Lipinski definition) is 4. The third-order valence-corrected chi connectivity index (χ3v) is 5.49. The molecule has 0 radical (unpaired) electrons. The number of hydrazone groups is 1. The molecule has 0 spiro atoms. The molecule has 0 saturated heterocycles. The molecular formula is C22H30N2O3. The fourth-order valence-electron chi connectivity index (χ4n) is 3.95. The molecule has 0 N–H and O–H groups in total. The van der Waals surface area contributed by atoms with Crippen LogP contribution in [-0.2, 0) is 4.79 Å². The van der Waals surface area contributed by atoms with Gasteiger partial charge in [-0.25, -0.2) is 5.01 Å². The SMILES string of the molecule is CCCCCCN1N=C(c2ccc(OC)c(OC)c2)[C@H]2CC=CC[C@H]2C1=O. The highest BCUT2D eigenvalue weighted by molar-refractivity contribution is 6.07. The Bertz CT molecular complexity index is 726. The second kappa shape index (κ2) is 9.07. The maximum Gasteiger partial charge on any atom is 0.246 e. The average molecular weight is 370 g/mol. The molecule has 1 aromatic carbocycles. The van der Waals surface area contributed by atoms with Crippen LogP contribution in [0.25, 0.3) is 0 Å². The van der Waals surface area contributed by atoms with E-state index in [1.807, 2.05) is 18.2 Å². The number of rotatable bonds is 8. The van der Waals surface area contributed by atoms with Gasteiger partial charge in [-0.2, -0.15) is 5.10 Å². The van der Waals surface area contributed by atoms with Gasteiger partial charge in [-0.3, -0.25) is 4.79 Å². The number of carbonyl (C=O) groups is 1. The number of fused-ring (bicyclic) bond motifs is 1. The molecule has 3 rings (SSSR count). The molecule has 27 heavy (non-hydrogen) atoms. The van der Waals surface area contributed by atoms with Gasteiger partial charge in [0.1, 0.15) is 0 Å². The molecule has 5 heteroatoms. The maximum absolute atomic E-state index is 13.0. The molecule has 1 amide bonds. The highest BCUT2D eigenvalue weighted by Crippen LogP contribution is 2.37. The topological polar surface area (TPSA) is 51.1 Å². The first-order valence-corrected chi connectivity index (χ1v) is 9.96. The summed E-state index contributed by atoms with van der Waals surface area (Å²) >= 11 is 0. The number of benzene rings is 1. The minimum absolute atomic E-state index is 0.0122. The first-order valence-electron chi connectivity index (χ1n) is 9.96. The summed E-state index contributed by atoms with van der Waals surface area (Å²) in [5.41, 5.74) is 1.99. The molecule has 2 atom stereocenters. The van der Waals surface area contributed by atoms with Gasteiger partial charge < -0.3 is 9.47 Å². The van der Waals surface area contributed by atoms with Crippen molar-refractivity contribution in [3.05, 3.63) is 35.9 Å². The van der Waals surface area contributed by atoms with Gasteiger partial charge in [-0.05, 0) is 37.5 Å². The summed E-state index contributed by atoms with van der Waals surface area (Å²) < 4.78 is 10.8. The molecule has 0 fully saturated rings. The second-order valence-electron chi connectivity index (χ2n) is 7.23. The maximum atomic E-state index is 13.0. The molecule has 1 aliphatic carbocycles. The van der Waals surface area contributed by atoms with Crippen molar-refractivity contribution in [2.24, 2.45) is 16.9 Å². The zero-order chi connectivity index (χ0) is 19.2. The Hall–Kier alpha value is -2.30. The molecule has 0 unspecified atom stereocenters. The van der Waals surface area contributed by atoms with Crippen LogP contribution in [0.15, 0.2) is 35.5 Å². The number of methoxy groups -OCH3 is 2. The van der Waals surface area contributed by atoms with E-state index in [-0.39, 0.29) is 17.7 Å². The van der Waals surface area contributed by atoms with E-state index in [0.29, 0.717) is 18.0 Å². The third kappa shape index (κ3) is 4.18. The lowest BCUT2D eigenvalue weighted by molar-refractivity contribution is -0.137. The van der Waals surface area contributed by atoms with Gasteiger partial charge in [0, 0.05) is 18.0 Å². The van der Waals surface area contributed by atoms with Crippen molar-refractivity contribution in [1.29, 1.82) is 0 Å². The van der Waals surface area contributed by atoms with Crippen LogP contribution in [0, 0.1) is 11.8 Å². The summed E-state index contributed by atoms with van der Waals surface area (Å²) in [7, 11) is 3.27. The van der Waals surface area contributed by atoms with Gasteiger partial charge in [0.2, 0.25) is 5.91 Å². The Labute approximate surface area is 162 Å². The summed E-state index contributed by atoms with van der Waals surface area (Å²) in [6, 6.07) is 5.89. The Kier molecular flexibility index (Phi) is 6.54. The van der Waals surface area contributed by atoms with Crippen molar-refractivity contribution in [3.8, 4) is 11.5 Å². The Balaban J connectivity index is 1.91. The number of allylic oxidation sites excluding steroid dienone is 2. The fraction of sp³-hybridized carbons (Fsp3) is 0.545. The monoisotopic (exact) mass is 370 g/mol. The molecule has 146 valence electrons. The average Bonchev–Trinajstić information content (AvgIpc) is 2.72. The van der Waals surface area contributed by atoms with E-state index in [0.717, 1.165) is 37.0 Å². The van der Waals surface area contributed by atoms with Crippen LogP contribution in [-0.4, -0.2) is 37.4 Å². The first-order chi connectivity index (χ1) is 13.2. The number of nitrogens with zero attached hydrogens (tertiary/aromatic N) is 2. The summed E-state index contributed by atoms with van der Waals surface area (Å²) in [5, 5.41) is 6.53. The van der Waals surface area contributed by atoms with E-state index in [9.17, 15) is 4.79 Å². The normalized spacial score (nSPS) is 21.7. The van der Waals surface area contributed by atoms with Crippen LogP contribution in [0.2, 0.25) is 0 Å². The lowest BCUT2D eigenvalue weighted by Crippen LogP contribution is -2.45. The zero-order valence-corrected chi connectivity index (χ0v) is 16.6. The number of ether oxygens (including phenoxy) is 2. The van der Waals surface area contributed by atoms with Gasteiger partial charge >= 0.3 is 0 Å². The molecule has 2 aliphatic rings. The van der Waals surface area contributed by atoms with Crippen LogP contribution in [0.1, 0.15) is 51.0 Å². The number of unbranched alkanes of at least 4 members (excludes halogenated alkanes) is 3. The van der Waals surface area contributed by atoms with Crippen molar-refractivity contribution in [2.45, 2.75) is 45.4 Å². The molecule has 1 heterocycles. The van der Waals surface area contributed by atoms with E-state index in [4.69, 9.17) is 14.6 Å². The fourth-order valence-corrected chi connectivity index (χ4v) is 3.95. The summed E-state index contributed by atoms with van der Waals surface area (Å²) in [4.78, 5) is 13.0. The van der Waals surface area contributed by atoms with E-state index in [2.05, 4.69) is 19.1 Å². The molecule has 0 aromatic heterocycles. The quantitative estimate of drug-likeness (QED) is 0.503. The van der Waals surface area contributed by atoms with E-state index in [1.165, 1.54) is 12.8 Å². The van der Waals surface area contributed by atoms with Crippen molar-refractivity contribution >= 4 is 11.6 Å². The van der Waals surface area contributed by atoms with Crippen LogP contribution < -0.4 is 9.47 Å². The number of amides is 1. The molecule has 5 nitrogen and oxygen atoms in total. The minimum atomic E-state index is -0.0122. The Morgan fingerprint density at radius 2 is 1.78 bits per heavy atom. The number of carbonyl (C=O) groups excluding carboxylic acids is 1. The van der Waals surface area contributed by atoms with E-state index >= 15 is 0 Å². The van der Waals surface area contributed by atoms with Crippen molar-refractivity contribution in [2.75, 3.05) is 20.8 Å². The standard InChI is InChI=1S/C22H30N2O3/c1-4-5-6-9-14-24-22(25)18-11-8-7-10-17(18)21(23-24)16-12-13-19(26-2)20(15-16)27-3/h7-8,12-13,15,17-18H,4-6,9-11,14H2,1-3H3/t17-,18+/m0/s1. The smallest absolute Gasteiger partial charge is 0.246 e. The summed E-state index contributed by atoms with van der Waals surface area (Å²) in [6.45, 7) is 2.89. The molecule has 0 bridgehead atoms. The summed E-state index contributed by atoms with van der Waals surface area (Å²) in [5.74, 6) is 1.68.